The highest BCUT2D eigenvalue weighted by atomic mass is 16.5. The molecule has 26 heavy (non-hydrogen) atoms. The van der Waals surface area contributed by atoms with Crippen molar-refractivity contribution in [2.45, 2.75) is 32.6 Å². The lowest BCUT2D eigenvalue weighted by atomic mass is 10.2. The van der Waals surface area contributed by atoms with E-state index in [9.17, 15) is 4.79 Å². The van der Waals surface area contributed by atoms with Crippen LogP contribution in [-0.4, -0.2) is 43.3 Å². The third-order valence-corrected chi connectivity index (χ3v) is 4.34. The van der Waals surface area contributed by atoms with Gasteiger partial charge in [-0.25, -0.2) is 4.98 Å². The number of anilines is 1. The van der Waals surface area contributed by atoms with Gasteiger partial charge in [0.2, 0.25) is 0 Å². The molecule has 138 valence electrons. The van der Waals surface area contributed by atoms with Crippen LogP contribution < -0.4 is 15.0 Å². The molecule has 1 aliphatic rings. The van der Waals surface area contributed by atoms with Crippen LogP contribution in [0.4, 0.5) is 5.82 Å². The van der Waals surface area contributed by atoms with Crippen molar-refractivity contribution in [3.63, 3.8) is 0 Å². The Labute approximate surface area is 154 Å². The van der Waals surface area contributed by atoms with Gasteiger partial charge in [-0.1, -0.05) is 12.1 Å². The third kappa shape index (κ3) is 4.52. The van der Waals surface area contributed by atoms with Crippen molar-refractivity contribution >= 4 is 11.7 Å². The minimum absolute atomic E-state index is 0.135. The fourth-order valence-electron chi connectivity index (χ4n) is 3.12. The molecule has 6 heteroatoms. The average Bonchev–Trinajstić information content (AvgIpc) is 2.65. The van der Waals surface area contributed by atoms with E-state index >= 15 is 0 Å². The Balaban J connectivity index is 1.58. The summed E-state index contributed by atoms with van der Waals surface area (Å²) in [4.78, 5) is 19.0. The molecular formula is C20H25N3O3. The van der Waals surface area contributed by atoms with Crippen molar-refractivity contribution in [2.24, 2.45) is 0 Å². The first-order chi connectivity index (χ1) is 12.5. The number of nitrogens with zero attached hydrogens (tertiary/aromatic N) is 2. The zero-order valence-corrected chi connectivity index (χ0v) is 15.4. The van der Waals surface area contributed by atoms with E-state index in [-0.39, 0.29) is 18.1 Å². The molecule has 2 unspecified atom stereocenters. The highest BCUT2D eigenvalue weighted by Crippen LogP contribution is 2.18. The Morgan fingerprint density at radius 3 is 2.69 bits per heavy atom. The molecule has 0 radical (unpaired) electrons. The van der Waals surface area contributed by atoms with E-state index < -0.39 is 0 Å². The molecule has 0 spiro atoms. The normalized spacial score (nSPS) is 19.9. The summed E-state index contributed by atoms with van der Waals surface area (Å²) >= 11 is 0. The maximum absolute atomic E-state index is 12.3. The van der Waals surface area contributed by atoms with E-state index in [0.29, 0.717) is 17.9 Å². The molecule has 2 heterocycles. The van der Waals surface area contributed by atoms with Crippen LogP contribution in [0.3, 0.4) is 0 Å². The minimum atomic E-state index is -0.135. The van der Waals surface area contributed by atoms with Gasteiger partial charge < -0.3 is 19.7 Å². The number of rotatable bonds is 5. The lowest BCUT2D eigenvalue weighted by Crippen LogP contribution is -2.45. The molecule has 1 fully saturated rings. The minimum Gasteiger partial charge on any atom is -0.497 e. The van der Waals surface area contributed by atoms with Crippen molar-refractivity contribution in [3.05, 3.63) is 53.7 Å². The number of pyridine rings is 1. The quantitative estimate of drug-likeness (QED) is 0.893. The van der Waals surface area contributed by atoms with Gasteiger partial charge in [0.05, 0.1) is 19.3 Å². The Morgan fingerprint density at radius 1 is 1.27 bits per heavy atom. The second-order valence-electron chi connectivity index (χ2n) is 6.60. The Kier molecular flexibility index (Phi) is 5.73. The standard InChI is InChI=1S/C20H25N3O3/c1-14-12-23(13-15(2)26-14)19-8-7-16(10-21-19)11-22-20(24)17-5-4-6-18(9-17)25-3/h4-10,14-15H,11-13H2,1-3H3,(H,22,24). The van der Waals surface area contributed by atoms with Gasteiger partial charge >= 0.3 is 0 Å². The van der Waals surface area contributed by atoms with Crippen LogP contribution in [0, 0.1) is 0 Å². The first kappa shape index (κ1) is 18.2. The van der Waals surface area contributed by atoms with Crippen molar-refractivity contribution in [1.29, 1.82) is 0 Å². The number of benzene rings is 1. The summed E-state index contributed by atoms with van der Waals surface area (Å²) in [5.41, 5.74) is 1.53. The number of hydrogen-bond donors (Lipinski definition) is 1. The van der Waals surface area contributed by atoms with Gasteiger partial charge in [-0.3, -0.25) is 4.79 Å². The number of carbonyl (C=O) groups excluding carboxylic acids is 1. The molecule has 1 aromatic heterocycles. The summed E-state index contributed by atoms with van der Waals surface area (Å²) in [6.07, 6.45) is 2.20. The van der Waals surface area contributed by atoms with Crippen LogP contribution in [-0.2, 0) is 11.3 Å². The summed E-state index contributed by atoms with van der Waals surface area (Å²) in [5, 5.41) is 2.91. The molecule has 1 N–H and O–H groups in total. The predicted octanol–water partition coefficient (Wildman–Crippen LogP) is 2.63. The number of methoxy groups -OCH3 is 1. The van der Waals surface area contributed by atoms with E-state index in [2.05, 4.69) is 29.0 Å². The molecule has 0 aliphatic carbocycles. The van der Waals surface area contributed by atoms with Crippen LogP contribution in [0.2, 0.25) is 0 Å². The number of aromatic nitrogens is 1. The van der Waals surface area contributed by atoms with Gasteiger partial charge in [-0.05, 0) is 43.7 Å². The second-order valence-corrected chi connectivity index (χ2v) is 6.60. The van der Waals surface area contributed by atoms with E-state index in [1.807, 2.05) is 24.4 Å². The highest BCUT2D eigenvalue weighted by Gasteiger charge is 2.22. The summed E-state index contributed by atoms with van der Waals surface area (Å²) in [6, 6.07) is 11.1. The average molecular weight is 355 g/mol. The maximum atomic E-state index is 12.3. The van der Waals surface area contributed by atoms with Crippen molar-refractivity contribution < 1.29 is 14.3 Å². The van der Waals surface area contributed by atoms with E-state index in [1.54, 1.807) is 25.3 Å². The smallest absolute Gasteiger partial charge is 0.251 e. The number of hydrogen-bond acceptors (Lipinski definition) is 5. The summed E-state index contributed by atoms with van der Waals surface area (Å²) in [6.45, 7) is 6.25. The number of morpholine rings is 1. The van der Waals surface area contributed by atoms with Gasteiger partial charge in [0, 0.05) is 31.4 Å². The lowest BCUT2D eigenvalue weighted by Gasteiger charge is -2.36. The molecule has 2 aromatic rings. The van der Waals surface area contributed by atoms with Crippen LogP contribution in [0.25, 0.3) is 0 Å². The molecule has 3 rings (SSSR count). The molecule has 1 saturated heterocycles. The van der Waals surface area contributed by atoms with Crippen molar-refractivity contribution in [2.75, 3.05) is 25.1 Å². The molecule has 0 saturated carbocycles. The van der Waals surface area contributed by atoms with Crippen LogP contribution >= 0.6 is 0 Å². The van der Waals surface area contributed by atoms with Gasteiger partial charge in [-0.15, -0.1) is 0 Å². The number of amides is 1. The van der Waals surface area contributed by atoms with Crippen molar-refractivity contribution in [3.8, 4) is 5.75 Å². The Hall–Kier alpha value is -2.60. The molecule has 6 nitrogen and oxygen atoms in total. The maximum Gasteiger partial charge on any atom is 0.251 e. The molecular weight excluding hydrogens is 330 g/mol. The topological polar surface area (TPSA) is 63.7 Å². The van der Waals surface area contributed by atoms with Crippen molar-refractivity contribution in [1.82, 2.24) is 10.3 Å². The van der Waals surface area contributed by atoms with E-state index in [0.717, 1.165) is 24.5 Å². The number of carbonyl (C=O) groups is 1. The predicted molar refractivity (Wildman–Crippen MR) is 101 cm³/mol. The highest BCUT2D eigenvalue weighted by molar-refractivity contribution is 5.94. The first-order valence-electron chi connectivity index (χ1n) is 8.82. The van der Waals surface area contributed by atoms with Crippen LogP contribution in [0.15, 0.2) is 42.6 Å². The zero-order valence-electron chi connectivity index (χ0n) is 15.4. The Bertz CT molecular complexity index is 738. The first-order valence-corrected chi connectivity index (χ1v) is 8.82. The fourth-order valence-corrected chi connectivity index (χ4v) is 3.12. The van der Waals surface area contributed by atoms with Crippen LogP contribution in [0.5, 0.6) is 5.75 Å². The number of ether oxygens (including phenoxy) is 2. The number of nitrogens with one attached hydrogen (secondary N) is 1. The van der Waals surface area contributed by atoms with Gasteiger partial charge in [0.15, 0.2) is 0 Å². The lowest BCUT2D eigenvalue weighted by molar-refractivity contribution is -0.00546. The molecule has 1 aliphatic heterocycles. The molecule has 1 aromatic carbocycles. The van der Waals surface area contributed by atoms with Crippen LogP contribution in [0.1, 0.15) is 29.8 Å². The monoisotopic (exact) mass is 355 g/mol. The van der Waals surface area contributed by atoms with Gasteiger partial charge in [-0.2, -0.15) is 0 Å². The molecule has 0 bridgehead atoms. The SMILES string of the molecule is COc1cccc(C(=O)NCc2ccc(N3CC(C)OC(C)C3)nc2)c1. The largest absolute Gasteiger partial charge is 0.497 e. The fraction of sp³-hybridized carbons (Fsp3) is 0.400. The van der Waals surface area contributed by atoms with E-state index in [4.69, 9.17) is 9.47 Å². The summed E-state index contributed by atoms with van der Waals surface area (Å²) in [5.74, 6) is 1.47. The molecule has 1 amide bonds. The van der Waals surface area contributed by atoms with Gasteiger partial charge in [0.25, 0.3) is 5.91 Å². The molecule has 2 atom stereocenters. The Morgan fingerprint density at radius 2 is 2.04 bits per heavy atom. The summed E-state index contributed by atoms with van der Waals surface area (Å²) < 4.78 is 10.9. The third-order valence-electron chi connectivity index (χ3n) is 4.34. The summed E-state index contributed by atoms with van der Waals surface area (Å²) in [7, 11) is 1.58. The van der Waals surface area contributed by atoms with E-state index in [1.165, 1.54) is 0 Å². The zero-order chi connectivity index (χ0) is 18.5. The second kappa shape index (κ2) is 8.19. The van der Waals surface area contributed by atoms with Gasteiger partial charge in [0.1, 0.15) is 11.6 Å².